The van der Waals surface area contributed by atoms with Gasteiger partial charge in [0.15, 0.2) is 5.16 Å². The molecule has 0 bridgehead atoms. The highest BCUT2D eigenvalue weighted by molar-refractivity contribution is 7.99. The number of aromatic nitrogens is 2. The molecule has 1 aliphatic rings. The second-order valence-electron chi connectivity index (χ2n) is 6.39. The Morgan fingerprint density at radius 1 is 1.46 bits per heavy atom. The van der Waals surface area contributed by atoms with E-state index in [-0.39, 0.29) is 23.3 Å². The van der Waals surface area contributed by atoms with Gasteiger partial charge in [-0.3, -0.25) is 14.2 Å². The number of rotatable bonds is 5. The molecule has 3 aromatic rings. The summed E-state index contributed by atoms with van der Waals surface area (Å²) >= 11 is 4.57. The maximum atomic E-state index is 12.8. The van der Waals surface area contributed by atoms with Crippen LogP contribution < -0.4 is 10.9 Å². The summed E-state index contributed by atoms with van der Waals surface area (Å²) in [7, 11) is 1.74. The summed E-state index contributed by atoms with van der Waals surface area (Å²) in [6.45, 7) is 1.97. The normalized spacial score (nSPS) is 14.5. The van der Waals surface area contributed by atoms with Crippen LogP contribution in [0.1, 0.15) is 34.7 Å². The van der Waals surface area contributed by atoms with Gasteiger partial charge in [-0.2, -0.15) is 0 Å². The Bertz CT molecular complexity index is 1020. The van der Waals surface area contributed by atoms with Crippen molar-refractivity contribution >= 4 is 50.6 Å². The van der Waals surface area contributed by atoms with E-state index in [1.54, 1.807) is 34.3 Å². The van der Waals surface area contributed by atoms with Crippen LogP contribution in [0.4, 0.5) is 0 Å². The third-order valence-corrected chi connectivity index (χ3v) is 7.86. The van der Waals surface area contributed by atoms with E-state index in [2.05, 4.69) is 10.3 Å². The molecule has 0 unspecified atom stereocenters. The second kappa shape index (κ2) is 7.17. The largest absolute Gasteiger partial charge is 0.348 e. The predicted molar refractivity (Wildman–Crippen MR) is 108 cm³/mol. The van der Waals surface area contributed by atoms with Gasteiger partial charge in [-0.05, 0) is 43.2 Å². The molecule has 0 radical (unpaired) electrons. The van der Waals surface area contributed by atoms with Crippen molar-refractivity contribution in [1.29, 1.82) is 0 Å². The van der Waals surface area contributed by atoms with Gasteiger partial charge in [0.2, 0.25) is 5.91 Å². The van der Waals surface area contributed by atoms with E-state index in [9.17, 15) is 9.59 Å². The molecule has 1 amide bonds. The van der Waals surface area contributed by atoms with Gasteiger partial charge in [0.1, 0.15) is 4.83 Å². The van der Waals surface area contributed by atoms with Crippen LogP contribution >= 0.6 is 34.4 Å². The summed E-state index contributed by atoms with van der Waals surface area (Å²) in [4.78, 5) is 32.9. The minimum atomic E-state index is -0.0566. The van der Waals surface area contributed by atoms with Crippen molar-refractivity contribution in [3.05, 3.63) is 43.2 Å². The molecular formula is C18H19N3O2S3. The molecule has 8 heteroatoms. The van der Waals surface area contributed by atoms with E-state index in [1.165, 1.54) is 22.2 Å². The van der Waals surface area contributed by atoms with Gasteiger partial charge in [0.05, 0.1) is 17.2 Å². The molecule has 1 aliphatic carbocycles. The van der Waals surface area contributed by atoms with Gasteiger partial charge in [0.25, 0.3) is 5.56 Å². The lowest BCUT2D eigenvalue weighted by atomic mass is 10.2. The van der Waals surface area contributed by atoms with Crippen LogP contribution in [0, 0.1) is 0 Å². The molecule has 3 aromatic heterocycles. The number of carbonyl (C=O) groups excluding carboxylic acids is 1. The molecule has 0 fully saturated rings. The van der Waals surface area contributed by atoms with E-state index in [0.29, 0.717) is 5.16 Å². The third-order valence-electron chi connectivity index (χ3n) is 4.59. The van der Waals surface area contributed by atoms with Crippen molar-refractivity contribution in [2.24, 2.45) is 7.05 Å². The third kappa shape index (κ3) is 3.21. The van der Waals surface area contributed by atoms with Gasteiger partial charge in [0, 0.05) is 16.8 Å². The molecule has 26 heavy (non-hydrogen) atoms. The Balaban J connectivity index is 1.50. The zero-order chi connectivity index (χ0) is 18.3. The van der Waals surface area contributed by atoms with Gasteiger partial charge in [-0.25, -0.2) is 4.98 Å². The van der Waals surface area contributed by atoms with Crippen LogP contribution in [-0.4, -0.2) is 21.2 Å². The molecule has 0 saturated carbocycles. The number of amides is 1. The number of carbonyl (C=O) groups is 1. The molecule has 5 nitrogen and oxygen atoms in total. The smallest absolute Gasteiger partial charge is 0.262 e. The summed E-state index contributed by atoms with van der Waals surface area (Å²) in [6.07, 6.45) is 3.14. The molecule has 0 saturated heterocycles. The Hall–Kier alpha value is -1.64. The molecule has 0 spiro atoms. The van der Waals surface area contributed by atoms with Crippen LogP contribution in [-0.2, 0) is 24.7 Å². The lowest BCUT2D eigenvalue weighted by Crippen LogP contribution is -2.28. The SMILES string of the molecule is C[C@H](NC(=O)CSc1nc2sc3c(c2c(=O)n1C)CCC3)c1cccs1. The summed E-state index contributed by atoms with van der Waals surface area (Å²) in [6, 6.07) is 3.98. The highest BCUT2D eigenvalue weighted by Crippen LogP contribution is 2.35. The Morgan fingerprint density at radius 2 is 2.31 bits per heavy atom. The lowest BCUT2D eigenvalue weighted by molar-refractivity contribution is -0.119. The van der Waals surface area contributed by atoms with Gasteiger partial charge in [-0.15, -0.1) is 22.7 Å². The fourth-order valence-corrected chi connectivity index (χ4v) is 6.08. The van der Waals surface area contributed by atoms with Gasteiger partial charge in [-0.1, -0.05) is 17.8 Å². The number of nitrogens with zero attached hydrogens (tertiary/aromatic N) is 2. The molecule has 1 atom stereocenters. The summed E-state index contributed by atoms with van der Waals surface area (Å²) < 4.78 is 1.58. The van der Waals surface area contributed by atoms with E-state index in [0.717, 1.165) is 34.4 Å². The summed E-state index contributed by atoms with van der Waals surface area (Å²) in [5, 5.41) is 6.37. The number of nitrogens with one attached hydrogen (secondary N) is 1. The van der Waals surface area contributed by atoms with Crippen LogP contribution in [0.25, 0.3) is 10.2 Å². The first kappa shape index (κ1) is 17.8. The average molecular weight is 406 g/mol. The fraction of sp³-hybridized carbons (Fsp3) is 0.389. The van der Waals surface area contributed by atoms with Gasteiger partial charge >= 0.3 is 0 Å². The minimum Gasteiger partial charge on any atom is -0.348 e. The number of hydrogen-bond donors (Lipinski definition) is 1. The fourth-order valence-electron chi connectivity index (χ4n) is 3.26. The molecule has 3 heterocycles. The van der Waals surface area contributed by atoms with Crippen molar-refractivity contribution in [3.8, 4) is 0 Å². The number of fused-ring (bicyclic) bond motifs is 3. The van der Waals surface area contributed by atoms with Crippen LogP contribution in [0.2, 0.25) is 0 Å². The van der Waals surface area contributed by atoms with E-state index < -0.39 is 0 Å². The number of thiophene rings is 2. The van der Waals surface area contributed by atoms with Crippen molar-refractivity contribution in [3.63, 3.8) is 0 Å². The Labute approximate surface area is 163 Å². The van der Waals surface area contributed by atoms with Crippen molar-refractivity contribution < 1.29 is 4.79 Å². The van der Waals surface area contributed by atoms with Crippen molar-refractivity contribution in [2.45, 2.75) is 37.4 Å². The zero-order valence-electron chi connectivity index (χ0n) is 14.6. The molecule has 136 valence electrons. The average Bonchev–Trinajstić information content (AvgIpc) is 3.32. The molecule has 0 aromatic carbocycles. The monoisotopic (exact) mass is 405 g/mol. The first-order chi connectivity index (χ1) is 12.5. The molecular weight excluding hydrogens is 386 g/mol. The van der Waals surface area contributed by atoms with E-state index >= 15 is 0 Å². The van der Waals surface area contributed by atoms with Gasteiger partial charge < -0.3 is 5.32 Å². The summed E-state index contributed by atoms with van der Waals surface area (Å²) in [5.41, 5.74) is 1.20. The van der Waals surface area contributed by atoms with E-state index in [4.69, 9.17) is 0 Å². The highest BCUT2D eigenvalue weighted by Gasteiger charge is 2.22. The zero-order valence-corrected chi connectivity index (χ0v) is 17.0. The lowest BCUT2D eigenvalue weighted by Gasteiger charge is -2.12. The van der Waals surface area contributed by atoms with Crippen LogP contribution in [0.3, 0.4) is 0 Å². The topological polar surface area (TPSA) is 64.0 Å². The van der Waals surface area contributed by atoms with E-state index in [1.807, 2.05) is 24.4 Å². The first-order valence-electron chi connectivity index (χ1n) is 8.51. The Morgan fingerprint density at radius 3 is 3.08 bits per heavy atom. The maximum Gasteiger partial charge on any atom is 0.262 e. The number of aryl methyl sites for hydroxylation is 2. The number of thioether (sulfide) groups is 1. The number of hydrogen-bond acceptors (Lipinski definition) is 6. The predicted octanol–water partition coefficient (Wildman–Crippen LogP) is 3.51. The molecule has 0 aliphatic heterocycles. The highest BCUT2D eigenvalue weighted by atomic mass is 32.2. The minimum absolute atomic E-state index is 0.00395. The standard InChI is InChI=1S/C18H19N3O2S3/c1-10(12-7-4-8-24-12)19-14(22)9-25-18-20-16-15(17(23)21(18)2)11-5-3-6-13(11)26-16/h4,7-8,10H,3,5-6,9H2,1-2H3,(H,19,22)/t10-/m0/s1. The molecule has 1 N–H and O–H groups in total. The molecule has 4 rings (SSSR count). The maximum absolute atomic E-state index is 12.8. The van der Waals surface area contributed by atoms with Crippen LogP contribution in [0.5, 0.6) is 0 Å². The first-order valence-corrected chi connectivity index (χ1v) is 11.2. The summed E-state index contributed by atoms with van der Waals surface area (Å²) in [5.74, 6) is 0.186. The second-order valence-corrected chi connectivity index (χ2v) is 9.39. The van der Waals surface area contributed by atoms with Crippen LogP contribution in [0.15, 0.2) is 27.5 Å². The Kier molecular flexibility index (Phi) is 4.90. The van der Waals surface area contributed by atoms with Crippen molar-refractivity contribution in [2.75, 3.05) is 5.75 Å². The quantitative estimate of drug-likeness (QED) is 0.521. The van der Waals surface area contributed by atoms with Crippen molar-refractivity contribution in [1.82, 2.24) is 14.9 Å².